The molecule has 1 N–H and O–H groups in total. The molecule has 0 aliphatic rings. The second-order valence-corrected chi connectivity index (χ2v) is 4.99. The van der Waals surface area contributed by atoms with E-state index in [-0.39, 0.29) is 11.3 Å². The molecule has 0 saturated heterocycles. The van der Waals surface area contributed by atoms with E-state index in [9.17, 15) is 10.1 Å². The first-order chi connectivity index (χ1) is 12.0. The number of hydrogen-bond acceptors (Lipinski definition) is 7. The standard InChI is InChI=1S/C17H17N3O5/c1-23-15-7-12(8-16(24-2)17(15)25-3)10-19-13-5-4-11(9-18)6-14(13)20(21)22/h4-8,19H,10H2,1-3H3. The third-order valence-corrected chi connectivity index (χ3v) is 3.53. The molecular weight excluding hydrogens is 326 g/mol. The maximum atomic E-state index is 11.2. The van der Waals surface area contributed by atoms with E-state index in [2.05, 4.69) is 5.32 Å². The first kappa shape index (κ1) is 17.9. The number of anilines is 1. The van der Waals surface area contributed by atoms with Crippen LogP contribution in [0.3, 0.4) is 0 Å². The van der Waals surface area contributed by atoms with Gasteiger partial charge in [0.25, 0.3) is 5.69 Å². The summed E-state index contributed by atoms with van der Waals surface area (Å²) in [4.78, 5) is 10.7. The van der Waals surface area contributed by atoms with Crippen molar-refractivity contribution in [2.45, 2.75) is 6.54 Å². The molecule has 0 unspecified atom stereocenters. The fraction of sp³-hybridized carbons (Fsp3) is 0.235. The Bertz CT molecular complexity index is 805. The molecule has 0 amide bonds. The van der Waals surface area contributed by atoms with Gasteiger partial charge in [0.05, 0.1) is 37.9 Å². The Balaban J connectivity index is 2.30. The summed E-state index contributed by atoms with van der Waals surface area (Å²) in [6.45, 7) is 0.295. The lowest BCUT2D eigenvalue weighted by molar-refractivity contribution is -0.384. The van der Waals surface area contributed by atoms with E-state index in [1.807, 2.05) is 6.07 Å². The van der Waals surface area contributed by atoms with Crippen LogP contribution in [0.25, 0.3) is 0 Å². The molecule has 0 heterocycles. The van der Waals surface area contributed by atoms with Crippen molar-refractivity contribution in [1.29, 1.82) is 5.26 Å². The van der Waals surface area contributed by atoms with E-state index < -0.39 is 4.92 Å². The second kappa shape index (κ2) is 7.88. The summed E-state index contributed by atoms with van der Waals surface area (Å²) in [6, 6.07) is 9.66. The van der Waals surface area contributed by atoms with Crippen LogP contribution in [0.4, 0.5) is 11.4 Å². The number of nitrogens with one attached hydrogen (secondary N) is 1. The highest BCUT2D eigenvalue weighted by atomic mass is 16.6. The molecule has 0 fully saturated rings. The Morgan fingerprint density at radius 2 is 1.76 bits per heavy atom. The zero-order chi connectivity index (χ0) is 18.4. The van der Waals surface area contributed by atoms with Crippen molar-refractivity contribution in [1.82, 2.24) is 0 Å². The predicted molar refractivity (Wildman–Crippen MR) is 91.2 cm³/mol. The minimum atomic E-state index is -0.529. The van der Waals surface area contributed by atoms with E-state index in [0.717, 1.165) is 5.56 Å². The Morgan fingerprint density at radius 1 is 1.12 bits per heavy atom. The first-order valence-corrected chi connectivity index (χ1v) is 7.25. The molecule has 8 heteroatoms. The van der Waals surface area contributed by atoms with Crippen molar-refractivity contribution in [2.24, 2.45) is 0 Å². The lowest BCUT2D eigenvalue weighted by atomic mass is 10.1. The van der Waals surface area contributed by atoms with Gasteiger partial charge in [-0.05, 0) is 29.8 Å². The Hall–Kier alpha value is -3.47. The monoisotopic (exact) mass is 343 g/mol. The molecular formula is C17H17N3O5. The third kappa shape index (κ3) is 3.90. The van der Waals surface area contributed by atoms with Crippen molar-refractivity contribution in [3.8, 4) is 23.3 Å². The van der Waals surface area contributed by atoms with E-state index in [1.165, 1.54) is 39.5 Å². The number of ether oxygens (including phenoxy) is 3. The van der Waals surface area contributed by atoms with Gasteiger partial charge in [-0.25, -0.2) is 0 Å². The van der Waals surface area contributed by atoms with E-state index >= 15 is 0 Å². The van der Waals surface area contributed by atoms with Gasteiger partial charge in [-0.3, -0.25) is 10.1 Å². The number of benzene rings is 2. The molecule has 0 atom stereocenters. The summed E-state index contributed by atoms with van der Waals surface area (Å²) < 4.78 is 15.8. The Labute approximate surface area is 144 Å². The second-order valence-electron chi connectivity index (χ2n) is 4.99. The molecule has 0 aliphatic heterocycles. The van der Waals surface area contributed by atoms with Crippen LogP contribution in [0.2, 0.25) is 0 Å². The van der Waals surface area contributed by atoms with Gasteiger partial charge in [0, 0.05) is 12.6 Å². The van der Waals surface area contributed by atoms with Crippen LogP contribution in [0, 0.1) is 21.4 Å². The normalized spacial score (nSPS) is 9.84. The summed E-state index contributed by atoms with van der Waals surface area (Å²) in [5.41, 5.74) is 1.17. The van der Waals surface area contributed by atoms with Crippen LogP contribution < -0.4 is 19.5 Å². The zero-order valence-electron chi connectivity index (χ0n) is 14.0. The number of nitrogens with zero attached hydrogens (tertiary/aromatic N) is 2. The van der Waals surface area contributed by atoms with Crippen LogP contribution in [-0.4, -0.2) is 26.3 Å². The predicted octanol–water partition coefficient (Wildman–Crippen LogP) is 3.10. The highest BCUT2D eigenvalue weighted by molar-refractivity contribution is 5.64. The molecule has 0 spiro atoms. The molecule has 2 rings (SSSR count). The molecule has 0 aromatic heterocycles. The van der Waals surface area contributed by atoms with Crippen molar-refractivity contribution in [3.63, 3.8) is 0 Å². The zero-order valence-corrected chi connectivity index (χ0v) is 14.0. The number of hydrogen-bond donors (Lipinski definition) is 1. The SMILES string of the molecule is COc1cc(CNc2ccc(C#N)cc2[N+](=O)[O-])cc(OC)c1OC. The number of nitro benzene ring substituents is 1. The maximum absolute atomic E-state index is 11.2. The van der Waals surface area contributed by atoms with Gasteiger partial charge >= 0.3 is 0 Å². The summed E-state index contributed by atoms with van der Waals surface area (Å²) in [5.74, 6) is 1.46. The average Bonchev–Trinajstić information content (AvgIpc) is 2.64. The fourth-order valence-corrected chi connectivity index (χ4v) is 2.34. The minimum Gasteiger partial charge on any atom is -0.493 e. The van der Waals surface area contributed by atoms with Crippen LogP contribution in [0.15, 0.2) is 30.3 Å². The molecule has 0 radical (unpaired) electrons. The van der Waals surface area contributed by atoms with Crippen molar-refractivity contribution < 1.29 is 19.1 Å². The lowest BCUT2D eigenvalue weighted by Crippen LogP contribution is -2.04. The topological polar surface area (TPSA) is 107 Å². The van der Waals surface area contributed by atoms with E-state index in [1.54, 1.807) is 12.1 Å². The number of nitro groups is 1. The maximum Gasteiger partial charge on any atom is 0.293 e. The van der Waals surface area contributed by atoms with Gasteiger partial charge in [0.2, 0.25) is 5.75 Å². The summed E-state index contributed by atoms with van der Waals surface area (Å²) in [5, 5.41) is 23.1. The van der Waals surface area contributed by atoms with Crippen molar-refractivity contribution in [2.75, 3.05) is 26.6 Å². The van der Waals surface area contributed by atoms with Gasteiger partial charge in [0.15, 0.2) is 11.5 Å². The quantitative estimate of drug-likeness (QED) is 0.608. The summed E-state index contributed by atoms with van der Waals surface area (Å²) in [6.07, 6.45) is 0. The third-order valence-electron chi connectivity index (χ3n) is 3.53. The van der Waals surface area contributed by atoms with Crippen molar-refractivity contribution >= 4 is 11.4 Å². The summed E-state index contributed by atoms with van der Waals surface area (Å²) in [7, 11) is 4.54. The van der Waals surface area contributed by atoms with Crippen LogP contribution in [0.5, 0.6) is 17.2 Å². The Morgan fingerprint density at radius 3 is 2.24 bits per heavy atom. The Kier molecular flexibility index (Phi) is 5.63. The van der Waals surface area contributed by atoms with Gasteiger partial charge in [-0.1, -0.05) is 0 Å². The average molecular weight is 343 g/mol. The molecule has 2 aromatic carbocycles. The van der Waals surface area contributed by atoms with Crippen molar-refractivity contribution in [3.05, 3.63) is 51.6 Å². The molecule has 0 saturated carbocycles. The molecule has 25 heavy (non-hydrogen) atoms. The largest absolute Gasteiger partial charge is 0.493 e. The molecule has 0 bridgehead atoms. The van der Waals surface area contributed by atoms with Gasteiger partial charge in [-0.15, -0.1) is 0 Å². The van der Waals surface area contributed by atoms with Gasteiger partial charge < -0.3 is 19.5 Å². The molecule has 2 aromatic rings. The molecule has 8 nitrogen and oxygen atoms in total. The highest BCUT2D eigenvalue weighted by Crippen LogP contribution is 2.38. The van der Waals surface area contributed by atoms with E-state index in [4.69, 9.17) is 19.5 Å². The number of rotatable bonds is 7. The van der Waals surface area contributed by atoms with E-state index in [0.29, 0.717) is 29.5 Å². The van der Waals surface area contributed by atoms with Gasteiger partial charge in [-0.2, -0.15) is 5.26 Å². The van der Waals surface area contributed by atoms with Crippen LogP contribution >= 0.6 is 0 Å². The highest BCUT2D eigenvalue weighted by Gasteiger charge is 2.16. The smallest absolute Gasteiger partial charge is 0.293 e. The molecule has 130 valence electrons. The van der Waals surface area contributed by atoms with Crippen LogP contribution in [-0.2, 0) is 6.54 Å². The van der Waals surface area contributed by atoms with Gasteiger partial charge in [0.1, 0.15) is 5.69 Å². The fourth-order valence-electron chi connectivity index (χ4n) is 2.34. The number of nitriles is 1. The first-order valence-electron chi connectivity index (χ1n) is 7.25. The number of methoxy groups -OCH3 is 3. The molecule has 0 aliphatic carbocycles. The summed E-state index contributed by atoms with van der Waals surface area (Å²) >= 11 is 0. The minimum absolute atomic E-state index is 0.161. The van der Waals surface area contributed by atoms with Crippen LogP contribution in [0.1, 0.15) is 11.1 Å². The lowest BCUT2D eigenvalue weighted by Gasteiger charge is -2.15.